The molecule has 1 heterocycles. The lowest BCUT2D eigenvalue weighted by molar-refractivity contribution is -0.117. The van der Waals surface area contributed by atoms with Gasteiger partial charge in [0.2, 0.25) is 5.88 Å². The molecule has 0 saturated carbocycles. The third kappa shape index (κ3) is 4.42. The number of carbonyl (C=O) groups is 1. The van der Waals surface area contributed by atoms with Crippen LogP contribution in [-0.2, 0) is 17.8 Å². The average Bonchev–Trinajstić information content (AvgIpc) is 2.92. The van der Waals surface area contributed by atoms with E-state index in [1.807, 2.05) is 60.0 Å². The van der Waals surface area contributed by atoms with Gasteiger partial charge in [-0.1, -0.05) is 61.7 Å². The second kappa shape index (κ2) is 8.62. The van der Waals surface area contributed by atoms with Crippen molar-refractivity contribution in [1.29, 1.82) is 0 Å². The zero-order chi connectivity index (χ0) is 19.2. The van der Waals surface area contributed by atoms with E-state index in [1.54, 1.807) is 0 Å². The van der Waals surface area contributed by atoms with Crippen LogP contribution >= 0.6 is 0 Å². The van der Waals surface area contributed by atoms with Crippen molar-refractivity contribution in [1.82, 2.24) is 4.57 Å². The highest BCUT2D eigenvalue weighted by molar-refractivity contribution is 5.95. The molecule has 1 amide bonds. The fourth-order valence-electron chi connectivity index (χ4n) is 3.19. The van der Waals surface area contributed by atoms with Crippen molar-refractivity contribution < 1.29 is 9.90 Å². The minimum Gasteiger partial charge on any atom is -0.493 e. The molecule has 140 valence electrons. The Hall–Kier alpha value is -2.95. The van der Waals surface area contributed by atoms with Gasteiger partial charge < -0.3 is 9.67 Å². The summed E-state index contributed by atoms with van der Waals surface area (Å²) in [6.07, 6.45) is 3.38. The quantitative estimate of drug-likeness (QED) is 0.432. The Bertz CT molecular complexity index is 959. The number of carbonyl (C=O) groups excluding carboxylic acids is 1. The topological polar surface area (TPSA) is 66.9 Å². The van der Waals surface area contributed by atoms with E-state index < -0.39 is 0 Å². The number of nitrogens with zero attached hydrogens (tertiary/aromatic N) is 3. The van der Waals surface area contributed by atoms with Crippen LogP contribution < -0.4 is 0 Å². The molecule has 0 atom stereocenters. The van der Waals surface area contributed by atoms with Crippen LogP contribution in [0.3, 0.4) is 0 Å². The summed E-state index contributed by atoms with van der Waals surface area (Å²) < 4.78 is 1.86. The van der Waals surface area contributed by atoms with E-state index in [-0.39, 0.29) is 18.2 Å². The molecule has 3 rings (SSSR count). The van der Waals surface area contributed by atoms with Gasteiger partial charge in [-0.25, -0.2) is 0 Å². The Morgan fingerprint density at radius 2 is 1.89 bits per heavy atom. The summed E-state index contributed by atoms with van der Waals surface area (Å²) in [5.74, 6) is -0.261. The predicted octanol–water partition coefficient (Wildman–Crippen LogP) is 5.70. The van der Waals surface area contributed by atoms with Crippen molar-refractivity contribution in [3.8, 4) is 5.88 Å². The Morgan fingerprint density at radius 3 is 2.63 bits per heavy atom. The van der Waals surface area contributed by atoms with E-state index in [1.165, 1.54) is 0 Å². The third-order valence-corrected chi connectivity index (χ3v) is 4.61. The first kappa shape index (κ1) is 18.8. The normalized spacial score (nSPS) is 11.5. The molecule has 1 aromatic heterocycles. The summed E-state index contributed by atoms with van der Waals surface area (Å²) in [7, 11) is 0. The molecule has 1 N–H and O–H groups in total. The van der Waals surface area contributed by atoms with Crippen molar-refractivity contribution in [3.63, 3.8) is 0 Å². The van der Waals surface area contributed by atoms with Gasteiger partial charge in [0, 0.05) is 11.9 Å². The Kier molecular flexibility index (Phi) is 6.01. The lowest BCUT2D eigenvalue weighted by Gasteiger charge is -2.06. The lowest BCUT2D eigenvalue weighted by atomic mass is 10.1. The van der Waals surface area contributed by atoms with Crippen molar-refractivity contribution >= 4 is 22.5 Å². The Labute approximate surface area is 159 Å². The molecule has 5 nitrogen and oxygen atoms in total. The van der Waals surface area contributed by atoms with Gasteiger partial charge in [0.1, 0.15) is 0 Å². The molecule has 0 radical (unpaired) electrons. The van der Waals surface area contributed by atoms with E-state index in [9.17, 15) is 9.90 Å². The predicted molar refractivity (Wildman–Crippen MR) is 108 cm³/mol. The molecule has 5 heteroatoms. The van der Waals surface area contributed by atoms with E-state index in [0.717, 1.165) is 41.3 Å². The first-order valence-corrected chi connectivity index (χ1v) is 9.40. The molecule has 0 fully saturated rings. The van der Waals surface area contributed by atoms with Crippen molar-refractivity contribution in [3.05, 3.63) is 59.7 Å². The highest BCUT2D eigenvalue weighted by atomic mass is 16.3. The van der Waals surface area contributed by atoms with Gasteiger partial charge >= 0.3 is 0 Å². The van der Waals surface area contributed by atoms with E-state index in [2.05, 4.69) is 17.2 Å². The number of unbranched alkanes of at least 4 members (excludes halogenated alkanes) is 2. The number of aromatic hydroxyl groups is 1. The average molecular weight is 363 g/mol. The number of hydrogen-bond donors (Lipinski definition) is 1. The number of aryl methyl sites for hydroxylation is 2. The van der Waals surface area contributed by atoms with Crippen LogP contribution in [0.25, 0.3) is 10.9 Å². The standard InChI is InChI=1S/C22H25N3O2/c1-3-4-8-13-25-19-12-11-16(2)14-18(19)21(22(25)27)24-23-20(26)15-17-9-6-5-7-10-17/h5-7,9-12,14,27H,3-4,8,13,15H2,1-2H3. The number of aromatic nitrogens is 1. The number of fused-ring (bicyclic) bond motifs is 1. The third-order valence-electron chi connectivity index (χ3n) is 4.61. The minimum atomic E-state index is -0.333. The molecule has 0 spiro atoms. The molecular weight excluding hydrogens is 338 g/mol. The summed E-state index contributed by atoms with van der Waals surface area (Å²) in [6, 6.07) is 15.4. The van der Waals surface area contributed by atoms with E-state index >= 15 is 0 Å². The van der Waals surface area contributed by atoms with E-state index in [4.69, 9.17) is 0 Å². The zero-order valence-corrected chi connectivity index (χ0v) is 15.9. The molecule has 0 aliphatic heterocycles. The first-order valence-electron chi connectivity index (χ1n) is 9.40. The maximum absolute atomic E-state index is 12.2. The number of azo groups is 1. The summed E-state index contributed by atoms with van der Waals surface area (Å²) in [5, 5.41) is 19.5. The number of hydrogen-bond acceptors (Lipinski definition) is 3. The van der Waals surface area contributed by atoms with Crippen molar-refractivity contribution in [2.24, 2.45) is 10.2 Å². The van der Waals surface area contributed by atoms with Gasteiger partial charge in [0.05, 0.1) is 11.9 Å². The molecule has 27 heavy (non-hydrogen) atoms. The lowest BCUT2D eigenvalue weighted by Crippen LogP contribution is -1.97. The molecule has 2 aromatic carbocycles. The van der Waals surface area contributed by atoms with Gasteiger partial charge in [0.25, 0.3) is 5.91 Å². The number of benzene rings is 2. The minimum absolute atomic E-state index is 0.0722. The van der Waals surface area contributed by atoms with Crippen LogP contribution in [0.4, 0.5) is 5.69 Å². The summed E-state index contributed by atoms with van der Waals surface area (Å²) >= 11 is 0. The van der Waals surface area contributed by atoms with Gasteiger partial charge in [-0.2, -0.15) is 0 Å². The van der Waals surface area contributed by atoms with Crippen LogP contribution in [0, 0.1) is 6.92 Å². The van der Waals surface area contributed by atoms with Crippen molar-refractivity contribution in [2.45, 2.75) is 46.1 Å². The first-order chi connectivity index (χ1) is 13.1. The van der Waals surface area contributed by atoms with Gasteiger partial charge in [-0.05, 0) is 31.0 Å². The van der Waals surface area contributed by atoms with Gasteiger partial charge in [-0.3, -0.25) is 4.79 Å². The summed E-state index contributed by atoms with van der Waals surface area (Å²) in [5.41, 5.74) is 3.24. The summed E-state index contributed by atoms with van der Waals surface area (Å²) in [4.78, 5) is 12.2. The number of rotatable bonds is 7. The fourth-order valence-corrected chi connectivity index (χ4v) is 3.19. The fraction of sp³-hybridized carbons (Fsp3) is 0.318. The Morgan fingerprint density at radius 1 is 1.11 bits per heavy atom. The van der Waals surface area contributed by atoms with Crippen LogP contribution in [0.1, 0.15) is 37.3 Å². The molecular formula is C22H25N3O2. The molecule has 0 aliphatic carbocycles. The largest absolute Gasteiger partial charge is 0.493 e. The smallest absolute Gasteiger partial charge is 0.269 e. The maximum atomic E-state index is 12.2. The molecule has 3 aromatic rings. The molecule has 0 saturated heterocycles. The van der Waals surface area contributed by atoms with Gasteiger partial charge in [-0.15, -0.1) is 10.2 Å². The highest BCUT2D eigenvalue weighted by Crippen LogP contribution is 2.39. The van der Waals surface area contributed by atoms with Crippen LogP contribution in [0.5, 0.6) is 5.88 Å². The zero-order valence-electron chi connectivity index (χ0n) is 15.9. The van der Waals surface area contributed by atoms with Crippen LogP contribution in [0.2, 0.25) is 0 Å². The summed E-state index contributed by atoms with van der Waals surface area (Å²) in [6.45, 7) is 4.86. The second-order valence-corrected chi connectivity index (χ2v) is 6.81. The Balaban J connectivity index is 1.89. The van der Waals surface area contributed by atoms with Gasteiger partial charge in [0.15, 0.2) is 5.69 Å². The maximum Gasteiger partial charge on any atom is 0.269 e. The second-order valence-electron chi connectivity index (χ2n) is 6.81. The van der Waals surface area contributed by atoms with E-state index in [0.29, 0.717) is 12.2 Å². The van der Waals surface area contributed by atoms with Crippen LogP contribution in [-0.4, -0.2) is 15.6 Å². The SMILES string of the molecule is CCCCCn1c(O)c(N=NC(=O)Cc2ccccc2)c2cc(C)ccc21. The monoisotopic (exact) mass is 363 g/mol. The molecule has 0 bridgehead atoms. The number of amides is 1. The van der Waals surface area contributed by atoms with Crippen molar-refractivity contribution in [2.75, 3.05) is 0 Å². The molecule has 0 unspecified atom stereocenters. The van der Waals surface area contributed by atoms with Crippen LogP contribution in [0.15, 0.2) is 58.8 Å². The highest BCUT2D eigenvalue weighted by Gasteiger charge is 2.17. The molecule has 0 aliphatic rings.